The van der Waals surface area contributed by atoms with Gasteiger partial charge in [-0.05, 0) is 12.8 Å². The molecule has 1 aliphatic carbocycles. The number of halogens is 1. The molecule has 1 fully saturated rings. The average molecular weight is 234 g/mol. The van der Waals surface area contributed by atoms with E-state index in [1.54, 1.807) is 0 Å². The molecule has 0 aromatic heterocycles. The van der Waals surface area contributed by atoms with Gasteiger partial charge in [-0.15, -0.1) is 11.6 Å². The van der Waals surface area contributed by atoms with E-state index in [1.165, 1.54) is 12.8 Å². The Labute approximate surface area is 96.4 Å². The third-order valence-electron chi connectivity index (χ3n) is 3.04. The normalized spacial score (nSPS) is 19.1. The lowest BCUT2D eigenvalue weighted by molar-refractivity contribution is -0.137. The predicted octanol–water partition coefficient (Wildman–Crippen LogP) is 1.62. The third kappa shape index (κ3) is 3.35. The third-order valence-corrected chi connectivity index (χ3v) is 3.51. The van der Waals surface area contributed by atoms with Crippen LogP contribution in [0.5, 0.6) is 0 Å². The van der Waals surface area contributed by atoms with E-state index in [9.17, 15) is 4.79 Å². The maximum atomic E-state index is 12.0. The molecule has 1 saturated carbocycles. The van der Waals surface area contributed by atoms with Crippen LogP contribution < -0.4 is 0 Å². The molecule has 0 bridgehead atoms. The maximum absolute atomic E-state index is 12.0. The first-order chi connectivity index (χ1) is 7.20. The molecule has 1 amide bonds. The van der Waals surface area contributed by atoms with Crippen LogP contribution >= 0.6 is 11.6 Å². The molecule has 0 aliphatic heterocycles. The molecular weight excluding hydrogens is 214 g/mol. The van der Waals surface area contributed by atoms with Crippen LogP contribution in [0, 0.1) is 5.92 Å². The van der Waals surface area contributed by atoms with Gasteiger partial charge in [-0.3, -0.25) is 4.79 Å². The average Bonchev–Trinajstić information content (AvgIpc) is 2.77. The number of hydrogen-bond donors (Lipinski definition) is 1. The second-order valence-corrected chi connectivity index (χ2v) is 4.56. The minimum Gasteiger partial charge on any atom is -0.395 e. The molecule has 1 aliphatic rings. The number of hydrogen-bond acceptors (Lipinski definition) is 2. The van der Waals surface area contributed by atoms with E-state index in [0.29, 0.717) is 18.5 Å². The summed E-state index contributed by atoms with van der Waals surface area (Å²) >= 11 is 5.69. The molecule has 0 saturated heterocycles. The first kappa shape index (κ1) is 12.8. The van der Waals surface area contributed by atoms with E-state index in [-0.39, 0.29) is 18.4 Å². The molecule has 1 atom stereocenters. The quantitative estimate of drug-likeness (QED) is 0.734. The van der Waals surface area contributed by atoms with Crippen LogP contribution in [0.15, 0.2) is 0 Å². The molecule has 1 N–H and O–H groups in total. The van der Waals surface area contributed by atoms with Gasteiger partial charge >= 0.3 is 0 Å². The van der Waals surface area contributed by atoms with Crippen molar-refractivity contribution in [2.75, 3.05) is 19.0 Å². The molecule has 15 heavy (non-hydrogen) atoms. The number of aliphatic hydroxyl groups excluding tert-OH is 1. The minimum atomic E-state index is -0.140. The fourth-order valence-corrected chi connectivity index (χ4v) is 2.28. The van der Waals surface area contributed by atoms with E-state index >= 15 is 0 Å². The molecule has 0 aromatic rings. The van der Waals surface area contributed by atoms with Crippen molar-refractivity contribution in [2.24, 2.45) is 5.92 Å². The van der Waals surface area contributed by atoms with Gasteiger partial charge in [0.15, 0.2) is 0 Å². The monoisotopic (exact) mass is 233 g/mol. The van der Waals surface area contributed by atoms with Crippen LogP contribution in [0.2, 0.25) is 0 Å². The molecule has 88 valence electrons. The lowest BCUT2D eigenvalue weighted by Crippen LogP contribution is -2.43. The summed E-state index contributed by atoms with van der Waals surface area (Å²) in [6, 6.07) is 0.329. The smallest absolute Gasteiger partial charge is 0.226 e. The van der Waals surface area contributed by atoms with Gasteiger partial charge in [0.1, 0.15) is 0 Å². The number of rotatable bonds is 5. The van der Waals surface area contributed by atoms with Crippen LogP contribution in [0.25, 0.3) is 0 Å². The van der Waals surface area contributed by atoms with Crippen molar-refractivity contribution in [3.05, 3.63) is 0 Å². The first-order valence-corrected chi connectivity index (χ1v) is 6.21. The lowest BCUT2D eigenvalue weighted by Gasteiger charge is -2.30. The number of aliphatic hydroxyl groups is 1. The largest absolute Gasteiger partial charge is 0.395 e. The Hall–Kier alpha value is -0.280. The summed E-state index contributed by atoms with van der Waals surface area (Å²) in [7, 11) is 0. The van der Waals surface area contributed by atoms with Crippen LogP contribution in [0.4, 0.5) is 0 Å². The summed E-state index contributed by atoms with van der Waals surface area (Å²) in [6.45, 7) is 2.33. The van der Waals surface area contributed by atoms with Gasteiger partial charge in [-0.25, -0.2) is 0 Å². The Morgan fingerprint density at radius 2 is 2.13 bits per heavy atom. The summed E-state index contributed by atoms with van der Waals surface area (Å²) in [4.78, 5) is 13.8. The molecule has 1 rings (SSSR count). The van der Waals surface area contributed by atoms with Crippen LogP contribution in [-0.4, -0.2) is 41.0 Å². The Morgan fingerprint density at radius 1 is 1.53 bits per heavy atom. The fraction of sp³-hybridized carbons (Fsp3) is 0.909. The van der Waals surface area contributed by atoms with Crippen molar-refractivity contribution in [2.45, 2.75) is 38.6 Å². The van der Waals surface area contributed by atoms with Crippen molar-refractivity contribution in [1.82, 2.24) is 4.90 Å². The standard InChI is InChI=1S/C11H20ClNO2/c1-9(8-12)11(15)13(6-7-14)10-4-2-3-5-10/h9-10,14H,2-8H2,1H3. The van der Waals surface area contributed by atoms with Gasteiger partial charge < -0.3 is 10.0 Å². The van der Waals surface area contributed by atoms with Crippen LogP contribution in [0.3, 0.4) is 0 Å². The number of amides is 1. The molecule has 1 unspecified atom stereocenters. The van der Waals surface area contributed by atoms with Crippen molar-refractivity contribution in [1.29, 1.82) is 0 Å². The van der Waals surface area contributed by atoms with E-state index in [0.717, 1.165) is 12.8 Å². The number of alkyl halides is 1. The maximum Gasteiger partial charge on any atom is 0.226 e. The fourth-order valence-electron chi connectivity index (χ4n) is 2.15. The van der Waals surface area contributed by atoms with Crippen molar-refractivity contribution < 1.29 is 9.90 Å². The Balaban J connectivity index is 2.59. The van der Waals surface area contributed by atoms with Crippen molar-refractivity contribution >= 4 is 17.5 Å². The lowest BCUT2D eigenvalue weighted by atomic mass is 10.1. The summed E-state index contributed by atoms with van der Waals surface area (Å²) in [5.41, 5.74) is 0. The Morgan fingerprint density at radius 3 is 2.60 bits per heavy atom. The first-order valence-electron chi connectivity index (χ1n) is 5.68. The van der Waals surface area contributed by atoms with E-state index in [4.69, 9.17) is 16.7 Å². The molecule has 0 radical (unpaired) electrons. The van der Waals surface area contributed by atoms with Crippen molar-refractivity contribution in [3.8, 4) is 0 Å². The Kier molecular flexibility index (Phi) is 5.40. The van der Waals surface area contributed by atoms with Gasteiger partial charge in [0.2, 0.25) is 5.91 Å². The SMILES string of the molecule is CC(CCl)C(=O)N(CCO)C1CCCC1. The highest BCUT2D eigenvalue weighted by atomic mass is 35.5. The summed E-state index contributed by atoms with van der Waals surface area (Å²) in [6.07, 6.45) is 4.52. The van der Waals surface area contributed by atoms with Crippen molar-refractivity contribution in [3.63, 3.8) is 0 Å². The van der Waals surface area contributed by atoms with Gasteiger partial charge in [-0.1, -0.05) is 19.8 Å². The topological polar surface area (TPSA) is 40.5 Å². The highest BCUT2D eigenvalue weighted by Gasteiger charge is 2.28. The predicted molar refractivity (Wildman–Crippen MR) is 60.9 cm³/mol. The molecule has 4 heteroatoms. The zero-order valence-corrected chi connectivity index (χ0v) is 10.0. The van der Waals surface area contributed by atoms with Crippen LogP contribution in [-0.2, 0) is 4.79 Å². The number of carbonyl (C=O) groups excluding carboxylic acids is 1. The molecule has 0 heterocycles. The van der Waals surface area contributed by atoms with E-state index < -0.39 is 0 Å². The number of carbonyl (C=O) groups is 1. The zero-order valence-electron chi connectivity index (χ0n) is 9.29. The molecule has 3 nitrogen and oxygen atoms in total. The highest BCUT2D eigenvalue weighted by Crippen LogP contribution is 2.24. The summed E-state index contributed by atoms with van der Waals surface area (Å²) in [5.74, 6) is 0.304. The number of nitrogens with zero attached hydrogens (tertiary/aromatic N) is 1. The van der Waals surface area contributed by atoms with E-state index in [2.05, 4.69) is 0 Å². The van der Waals surface area contributed by atoms with Gasteiger partial charge in [0.05, 0.1) is 6.61 Å². The van der Waals surface area contributed by atoms with Gasteiger partial charge in [-0.2, -0.15) is 0 Å². The van der Waals surface area contributed by atoms with E-state index in [1.807, 2.05) is 11.8 Å². The molecule has 0 spiro atoms. The minimum absolute atomic E-state index is 0.0389. The Bertz CT molecular complexity index is 205. The molecular formula is C11H20ClNO2. The summed E-state index contributed by atoms with van der Waals surface area (Å²) in [5, 5.41) is 8.97. The van der Waals surface area contributed by atoms with Crippen LogP contribution in [0.1, 0.15) is 32.6 Å². The van der Waals surface area contributed by atoms with Gasteiger partial charge in [0.25, 0.3) is 0 Å². The zero-order chi connectivity index (χ0) is 11.3. The molecule has 0 aromatic carbocycles. The van der Waals surface area contributed by atoms with Gasteiger partial charge in [0, 0.05) is 24.4 Å². The highest BCUT2D eigenvalue weighted by molar-refractivity contribution is 6.19. The second kappa shape index (κ2) is 6.33. The second-order valence-electron chi connectivity index (χ2n) is 4.25. The summed E-state index contributed by atoms with van der Waals surface area (Å²) < 4.78 is 0.